The third-order valence-corrected chi connectivity index (χ3v) is 6.26. The molecule has 0 radical (unpaired) electrons. The SMILES string of the molecule is CN([C@H]1CC[C@H](C)CC1)S(=O)(=O)C(C)(C)C. The van der Waals surface area contributed by atoms with Crippen LogP contribution in [0.2, 0.25) is 0 Å². The van der Waals surface area contributed by atoms with Gasteiger partial charge in [-0.2, -0.15) is 0 Å². The van der Waals surface area contributed by atoms with E-state index in [1.54, 1.807) is 32.1 Å². The third-order valence-electron chi connectivity index (χ3n) is 3.65. The number of hydrogen-bond acceptors (Lipinski definition) is 2. The zero-order chi connectivity index (χ0) is 12.6. The van der Waals surface area contributed by atoms with E-state index in [4.69, 9.17) is 0 Å². The maximum Gasteiger partial charge on any atom is 0.219 e. The monoisotopic (exact) mass is 247 g/mol. The average molecular weight is 247 g/mol. The van der Waals surface area contributed by atoms with E-state index in [-0.39, 0.29) is 6.04 Å². The van der Waals surface area contributed by atoms with Crippen LogP contribution in [0.15, 0.2) is 0 Å². The van der Waals surface area contributed by atoms with E-state index in [1.165, 1.54) is 0 Å². The summed E-state index contributed by atoms with van der Waals surface area (Å²) < 4.78 is 25.4. The van der Waals surface area contributed by atoms with Crippen LogP contribution < -0.4 is 0 Å². The van der Waals surface area contributed by atoms with Crippen LogP contribution in [0.3, 0.4) is 0 Å². The van der Waals surface area contributed by atoms with Crippen LogP contribution in [-0.2, 0) is 10.0 Å². The topological polar surface area (TPSA) is 37.4 Å². The Kier molecular flexibility index (Phi) is 4.06. The molecule has 0 aromatic heterocycles. The van der Waals surface area contributed by atoms with E-state index >= 15 is 0 Å². The lowest BCUT2D eigenvalue weighted by Gasteiger charge is -2.36. The molecule has 0 atom stereocenters. The predicted molar refractivity (Wildman–Crippen MR) is 67.9 cm³/mol. The van der Waals surface area contributed by atoms with Gasteiger partial charge in [-0.3, -0.25) is 0 Å². The molecule has 0 aromatic rings. The Morgan fingerprint density at radius 1 is 1.06 bits per heavy atom. The Balaban J connectivity index is 2.75. The second-order valence-corrected chi connectivity index (χ2v) is 8.80. The molecule has 1 fully saturated rings. The molecule has 1 aliphatic carbocycles. The van der Waals surface area contributed by atoms with Crippen molar-refractivity contribution in [3.8, 4) is 0 Å². The lowest BCUT2D eigenvalue weighted by Crippen LogP contribution is -2.46. The van der Waals surface area contributed by atoms with E-state index in [9.17, 15) is 8.42 Å². The highest BCUT2D eigenvalue weighted by molar-refractivity contribution is 7.90. The van der Waals surface area contributed by atoms with Gasteiger partial charge in [0.2, 0.25) is 10.0 Å². The normalized spacial score (nSPS) is 28.4. The maximum absolute atomic E-state index is 12.3. The van der Waals surface area contributed by atoms with Gasteiger partial charge in [0, 0.05) is 13.1 Å². The molecule has 0 aromatic carbocycles. The van der Waals surface area contributed by atoms with Crippen LogP contribution in [0.25, 0.3) is 0 Å². The van der Waals surface area contributed by atoms with Crippen molar-refractivity contribution in [1.82, 2.24) is 4.31 Å². The van der Waals surface area contributed by atoms with Crippen molar-refractivity contribution in [2.45, 2.75) is 64.2 Å². The number of nitrogens with zero attached hydrogens (tertiary/aromatic N) is 1. The van der Waals surface area contributed by atoms with Crippen molar-refractivity contribution in [3.05, 3.63) is 0 Å². The van der Waals surface area contributed by atoms with E-state index < -0.39 is 14.8 Å². The van der Waals surface area contributed by atoms with Crippen molar-refractivity contribution < 1.29 is 8.42 Å². The van der Waals surface area contributed by atoms with Crippen LogP contribution in [0.5, 0.6) is 0 Å². The van der Waals surface area contributed by atoms with Crippen molar-refractivity contribution in [1.29, 1.82) is 0 Å². The maximum atomic E-state index is 12.3. The molecule has 1 rings (SSSR count). The molecule has 4 heteroatoms. The Hall–Kier alpha value is -0.0900. The van der Waals surface area contributed by atoms with Gasteiger partial charge in [-0.25, -0.2) is 12.7 Å². The highest BCUT2D eigenvalue weighted by Gasteiger charge is 2.37. The molecular formula is C12H25NO2S. The minimum absolute atomic E-state index is 0.209. The van der Waals surface area contributed by atoms with Gasteiger partial charge in [-0.1, -0.05) is 6.92 Å². The van der Waals surface area contributed by atoms with Gasteiger partial charge in [0.25, 0.3) is 0 Å². The molecule has 1 saturated carbocycles. The molecule has 0 spiro atoms. The molecule has 0 aliphatic heterocycles. The van der Waals surface area contributed by atoms with Crippen LogP contribution in [-0.4, -0.2) is 30.6 Å². The zero-order valence-electron chi connectivity index (χ0n) is 11.2. The van der Waals surface area contributed by atoms with E-state index in [1.807, 2.05) is 0 Å². The second kappa shape index (κ2) is 4.65. The first-order chi connectivity index (χ1) is 7.16. The largest absolute Gasteiger partial charge is 0.219 e. The quantitative estimate of drug-likeness (QED) is 0.752. The average Bonchev–Trinajstić information content (AvgIpc) is 2.16. The van der Waals surface area contributed by atoms with E-state index in [0.717, 1.165) is 31.6 Å². The minimum atomic E-state index is -3.16. The van der Waals surface area contributed by atoms with E-state index in [0.29, 0.717) is 0 Å². The molecule has 0 N–H and O–H groups in total. The Labute approximate surface area is 100 Å². The van der Waals surface area contributed by atoms with Gasteiger partial charge >= 0.3 is 0 Å². The van der Waals surface area contributed by atoms with Crippen LogP contribution in [0.4, 0.5) is 0 Å². The number of hydrogen-bond donors (Lipinski definition) is 0. The summed E-state index contributed by atoms with van der Waals surface area (Å²) in [6.45, 7) is 7.55. The molecule has 16 heavy (non-hydrogen) atoms. The summed E-state index contributed by atoms with van der Waals surface area (Å²) in [7, 11) is -1.42. The summed E-state index contributed by atoms with van der Waals surface area (Å²) in [5.74, 6) is 0.752. The van der Waals surface area contributed by atoms with Gasteiger partial charge in [0.05, 0.1) is 4.75 Å². The van der Waals surface area contributed by atoms with Crippen LogP contribution >= 0.6 is 0 Å². The summed E-state index contributed by atoms with van der Waals surface area (Å²) in [6.07, 6.45) is 4.31. The van der Waals surface area contributed by atoms with Gasteiger partial charge in [0.15, 0.2) is 0 Å². The zero-order valence-corrected chi connectivity index (χ0v) is 12.0. The summed E-state index contributed by atoms with van der Waals surface area (Å²) in [5, 5.41) is 0. The predicted octanol–water partition coefficient (Wildman–Crippen LogP) is 2.63. The molecular weight excluding hydrogens is 222 g/mol. The van der Waals surface area contributed by atoms with Gasteiger partial charge in [-0.05, 0) is 52.4 Å². The standard InChI is InChI=1S/C12H25NO2S/c1-10-6-8-11(9-7-10)13(5)16(14,15)12(2,3)4/h10-11H,6-9H2,1-5H3/t10-,11-. The summed E-state index contributed by atoms with van der Waals surface area (Å²) >= 11 is 0. The second-order valence-electron chi connectivity index (χ2n) is 6.05. The minimum Gasteiger partial charge on any atom is -0.212 e. The summed E-state index contributed by atoms with van der Waals surface area (Å²) in [5.41, 5.74) is 0. The first-order valence-electron chi connectivity index (χ1n) is 6.14. The fraction of sp³-hybridized carbons (Fsp3) is 1.00. The van der Waals surface area contributed by atoms with Crippen LogP contribution in [0, 0.1) is 5.92 Å². The molecule has 0 heterocycles. The van der Waals surface area contributed by atoms with Crippen molar-refractivity contribution in [2.75, 3.05) is 7.05 Å². The van der Waals surface area contributed by atoms with Crippen molar-refractivity contribution >= 4 is 10.0 Å². The summed E-state index contributed by atoms with van der Waals surface area (Å²) in [6, 6.07) is 0.209. The summed E-state index contributed by atoms with van der Waals surface area (Å²) in [4.78, 5) is 0. The van der Waals surface area contributed by atoms with E-state index in [2.05, 4.69) is 6.92 Å². The molecule has 0 bridgehead atoms. The van der Waals surface area contributed by atoms with Gasteiger partial charge < -0.3 is 0 Å². The highest BCUT2D eigenvalue weighted by Crippen LogP contribution is 2.30. The Morgan fingerprint density at radius 2 is 1.50 bits per heavy atom. The highest BCUT2D eigenvalue weighted by atomic mass is 32.2. The Bertz CT molecular complexity index is 321. The van der Waals surface area contributed by atoms with Crippen molar-refractivity contribution in [2.24, 2.45) is 5.92 Å². The fourth-order valence-corrected chi connectivity index (χ4v) is 3.70. The number of sulfonamides is 1. The van der Waals surface area contributed by atoms with Gasteiger partial charge in [-0.15, -0.1) is 0 Å². The molecule has 3 nitrogen and oxygen atoms in total. The Morgan fingerprint density at radius 3 is 1.88 bits per heavy atom. The van der Waals surface area contributed by atoms with Gasteiger partial charge in [0.1, 0.15) is 0 Å². The smallest absolute Gasteiger partial charge is 0.212 e. The molecule has 0 unspecified atom stereocenters. The van der Waals surface area contributed by atoms with Crippen molar-refractivity contribution in [3.63, 3.8) is 0 Å². The molecule has 0 amide bonds. The first-order valence-corrected chi connectivity index (χ1v) is 7.58. The molecule has 0 saturated heterocycles. The van der Waals surface area contributed by atoms with Crippen LogP contribution in [0.1, 0.15) is 53.4 Å². The number of rotatable bonds is 2. The molecule has 96 valence electrons. The lowest BCUT2D eigenvalue weighted by molar-refractivity contribution is 0.242. The lowest BCUT2D eigenvalue weighted by atomic mass is 9.87. The first kappa shape index (κ1) is 14.0. The fourth-order valence-electron chi connectivity index (χ4n) is 2.23. The third kappa shape index (κ3) is 2.77. The molecule has 1 aliphatic rings.